The number of rotatable bonds is 9. The first kappa shape index (κ1) is 44.6. The molecule has 0 bridgehead atoms. The molecule has 1 aromatic heterocycles. The molecular weight excluding hydrogens is 835 g/mol. The number of fused-ring (bicyclic) bond motifs is 8. The molecule has 0 atom stereocenters. The van der Waals surface area contributed by atoms with Gasteiger partial charge in [-0.1, -0.05) is 222 Å². The molecule has 0 fully saturated rings. The van der Waals surface area contributed by atoms with Gasteiger partial charge in [-0.05, 0) is 133 Å². The smallest absolute Gasteiger partial charge is 0.164 e. The predicted octanol–water partition coefficient (Wildman–Crippen LogP) is 17.6. The van der Waals surface area contributed by atoms with Gasteiger partial charge in [0, 0.05) is 16.7 Å². The van der Waals surface area contributed by atoms with E-state index in [1.165, 1.54) is 55.7 Å². The maximum atomic E-state index is 5.21. The van der Waals surface area contributed by atoms with Crippen LogP contribution in [0.2, 0.25) is 0 Å². The minimum atomic E-state index is -0.432. The summed E-state index contributed by atoms with van der Waals surface area (Å²) in [5.41, 5.74) is 19.9. The molecule has 0 radical (unpaired) electrons. The third kappa shape index (κ3) is 7.71. The molecule has 3 nitrogen and oxygen atoms in total. The Hall–Kier alpha value is -8.27. The molecule has 1 spiro atoms. The maximum absolute atomic E-state index is 5.21. The predicted molar refractivity (Wildman–Crippen MR) is 293 cm³/mol. The molecule has 11 rings (SSSR count). The van der Waals surface area contributed by atoms with Crippen molar-refractivity contribution in [1.82, 2.24) is 15.0 Å². The van der Waals surface area contributed by atoms with Crippen molar-refractivity contribution in [3.8, 4) is 67.5 Å². The summed E-state index contributed by atoms with van der Waals surface area (Å²) in [5.74, 6) is 1.86. The second kappa shape index (κ2) is 19.1. The standard InChI is InChI=1S/C64H49N3.C2H6/c1-5-9-21-42(7-3)44-24-17-26-49(39-44)61-65-62(50-27-18-25-45(40-50)43-22-11-10-12-23-43)67-63(66-61)51-37-35-46-38-48(36-34-47(46)41-51)52-30-19-31-56-53(20-6-2)57(8-4)64(60(52)56)58-32-15-13-28-54(58)55-29-14-16-33-59(55)64;1-2/h5,7-41H,1,6H2,2-4H3;1-2H3/b21-9-,42-7+,53-20-,57-8+;. The minimum Gasteiger partial charge on any atom is -0.208 e. The van der Waals surface area contributed by atoms with Gasteiger partial charge in [-0.15, -0.1) is 0 Å². The second-order valence-electron chi connectivity index (χ2n) is 17.2. The molecule has 0 amide bonds. The van der Waals surface area contributed by atoms with E-state index in [9.17, 15) is 0 Å². The number of nitrogens with zero attached hydrogens (tertiary/aromatic N) is 3. The number of hydrogen-bond donors (Lipinski definition) is 0. The van der Waals surface area contributed by atoms with Crippen LogP contribution < -0.4 is 0 Å². The Morgan fingerprint density at radius 1 is 0.507 bits per heavy atom. The van der Waals surface area contributed by atoms with Crippen molar-refractivity contribution in [3.63, 3.8) is 0 Å². The van der Waals surface area contributed by atoms with Crippen LogP contribution in [0.3, 0.4) is 0 Å². The van der Waals surface area contributed by atoms with Gasteiger partial charge in [0.05, 0.1) is 5.41 Å². The second-order valence-corrected chi connectivity index (χ2v) is 17.2. The number of aromatic nitrogens is 3. The summed E-state index contributed by atoms with van der Waals surface area (Å²) < 4.78 is 0. The quantitative estimate of drug-likeness (QED) is 0.136. The van der Waals surface area contributed by atoms with E-state index in [1.807, 2.05) is 32.9 Å². The molecule has 0 N–H and O–H groups in total. The van der Waals surface area contributed by atoms with Gasteiger partial charge < -0.3 is 0 Å². The van der Waals surface area contributed by atoms with Gasteiger partial charge in [0.25, 0.3) is 0 Å². The fraction of sp³-hybridized carbons (Fsp3) is 0.106. The molecule has 1 heterocycles. The van der Waals surface area contributed by atoms with Gasteiger partial charge in [0.1, 0.15) is 0 Å². The van der Waals surface area contributed by atoms with Crippen molar-refractivity contribution in [2.24, 2.45) is 0 Å². The van der Waals surface area contributed by atoms with Crippen molar-refractivity contribution >= 4 is 21.9 Å². The first-order valence-corrected chi connectivity index (χ1v) is 24.3. The zero-order chi connectivity index (χ0) is 47.5. The van der Waals surface area contributed by atoms with Gasteiger partial charge in [-0.2, -0.15) is 0 Å². The molecular formula is C66H55N3. The highest BCUT2D eigenvalue weighted by molar-refractivity contribution is 6.03. The van der Waals surface area contributed by atoms with Crippen molar-refractivity contribution in [2.45, 2.75) is 46.5 Å². The molecule has 2 aliphatic carbocycles. The van der Waals surface area contributed by atoms with E-state index in [0.29, 0.717) is 17.5 Å². The average molecular weight is 890 g/mol. The Morgan fingerprint density at radius 2 is 1.03 bits per heavy atom. The van der Waals surface area contributed by atoms with E-state index in [1.54, 1.807) is 6.08 Å². The lowest BCUT2D eigenvalue weighted by Crippen LogP contribution is -2.26. The molecule has 0 aliphatic heterocycles. The Morgan fingerprint density at radius 3 is 1.67 bits per heavy atom. The molecule has 0 saturated heterocycles. The van der Waals surface area contributed by atoms with E-state index < -0.39 is 5.41 Å². The van der Waals surface area contributed by atoms with E-state index in [4.69, 9.17) is 15.0 Å². The third-order valence-corrected chi connectivity index (χ3v) is 13.5. The number of allylic oxidation sites excluding steroid dienone is 9. The SMILES string of the molecule is C=C/C=C\C(=C/C)c1cccc(-c2nc(-c3cccc(-c4ccccc4)c3)nc(-c3ccc4cc(-c5cccc6c5C5(C(=C/C)/C6=C\CC)c6ccccc6-c6ccccc65)ccc4c3)n2)c1.CC. The molecule has 0 unspecified atom stereocenters. The van der Waals surface area contributed by atoms with Crippen LogP contribution in [0, 0.1) is 0 Å². The van der Waals surface area contributed by atoms with E-state index in [2.05, 4.69) is 221 Å². The Bertz CT molecular complexity index is 3500. The monoisotopic (exact) mass is 889 g/mol. The lowest BCUT2D eigenvalue weighted by atomic mass is 9.68. The van der Waals surface area contributed by atoms with Crippen LogP contribution in [-0.4, -0.2) is 15.0 Å². The van der Waals surface area contributed by atoms with Crippen LogP contribution >= 0.6 is 0 Å². The van der Waals surface area contributed by atoms with Gasteiger partial charge >= 0.3 is 0 Å². The minimum absolute atomic E-state index is 0.432. The van der Waals surface area contributed by atoms with Gasteiger partial charge in [0.15, 0.2) is 17.5 Å². The first-order valence-electron chi connectivity index (χ1n) is 24.3. The highest BCUT2D eigenvalue weighted by Crippen LogP contribution is 2.65. The highest BCUT2D eigenvalue weighted by atomic mass is 15.0. The Labute approximate surface area is 407 Å². The van der Waals surface area contributed by atoms with E-state index >= 15 is 0 Å². The maximum Gasteiger partial charge on any atom is 0.164 e. The summed E-state index contributed by atoms with van der Waals surface area (Å²) in [6.07, 6.45) is 13.7. The van der Waals surface area contributed by atoms with Crippen molar-refractivity contribution in [3.05, 3.63) is 258 Å². The van der Waals surface area contributed by atoms with Gasteiger partial charge in [-0.3, -0.25) is 0 Å². The summed E-state index contributed by atoms with van der Waals surface area (Å²) in [6, 6.07) is 65.8. The van der Waals surface area contributed by atoms with Crippen LogP contribution in [0.1, 0.15) is 68.9 Å². The molecule has 69 heavy (non-hydrogen) atoms. The van der Waals surface area contributed by atoms with Crippen molar-refractivity contribution < 1.29 is 0 Å². The largest absolute Gasteiger partial charge is 0.208 e. The van der Waals surface area contributed by atoms with Crippen molar-refractivity contribution in [2.75, 3.05) is 0 Å². The van der Waals surface area contributed by atoms with Crippen molar-refractivity contribution in [1.29, 1.82) is 0 Å². The lowest BCUT2D eigenvalue weighted by Gasteiger charge is -2.32. The molecule has 0 saturated carbocycles. The zero-order valence-corrected chi connectivity index (χ0v) is 40.0. The normalized spacial score (nSPS) is 14.5. The summed E-state index contributed by atoms with van der Waals surface area (Å²) in [6.45, 7) is 14.4. The average Bonchev–Trinajstić information content (AvgIpc) is 3.88. The highest BCUT2D eigenvalue weighted by Gasteiger charge is 2.54. The van der Waals surface area contributed by atoms with Crippen LogP contribution in [-0.2, 0) is 5.41 Å². The number of hydrogen-bond acceptors (Lipinski definition) is 3. The fourth-order valence-electron chi connectivity index (χ4n) is 10.6. The summed E-state index contributed by atoms with van der Waals surface area (Å²) in [5, 5.41) is 2.27. The van der Waals surface area contributed by atoms with Gasteiger partial charge in [-0.25, -0.2) is 15.0 Å². The Kier molecular flexibility index (Phi) is 12.4. The van der Waals surface area contributed by atoms with E-state index in [0.717, 1.165) is 56.1 Å². The van der Waals surface area contributed by atoms with Gasteiger partial charge in [0.2, 0.25) is 0 Å². The topological polar surface area (TPSA) is 38.7 Å². The molecule has 3 heteroatoms. The number of benzene rings is 8. The molecule has 8 aromatic carbocycles. The first-order chi connectivity index (χ1) is 34.0. The Balaban J connectivity index is 0.00000273. The van der Waals surface area contributed by atoms with Crippen LogP contribution in [0.4, 0.5) is 0 Å². The lowest BCUT2D eigenvalue weighted by molar-refractivity contribution is 0.794. The van der Waals surface area contributed by atoms with Crippen LogP contribution in [0.25, 0.3) is 89.5 Å². The molecule has 2 aliphatic rings. The fourth-order valence-corrected chi connectivity index (χ4v) is 10.6. The summed E-state index contributed by atoms with van der Waals surface area (Å²) >= 11 is 0. The zero-order valence-electron chi connectivity index (χ0n) is 40.0. The third-order valence-electron chi connectivity index (χ3n) is 13.5. The van der Waals surface area contributed by atoms with E-state index in [-0.39, 0.29) is 0 Å². The van der Waals surface area contributed by atoms with Crippen LogP contribution in [0.15, 0.2) is 231 Å². The molecule has 9 aromatic rings. The summed E-state index contributed by atoms with van der Waals surface area (Å²) in [4.78, 5) is 15.6. The van der Waals surface area contributed by atoms with Crippen LogP contribution in [0.5, 0.6) is 0 Å². The molecule has 334 valence electrons. The summed E-state index contributed by atoms with van der Waals surface area (Å²) in [7, 11) is 0.